The molecule has 0 radical (unpaired) electrons. The van der Waals surface area contributed by atoms with Gasteiger partial charge in [-0.25, -0.2) is 0 Å². The Hall–Kier alpha value is -0.920. The molecule has 0 spiro atoms. The second-order valence-electron chi connectivity index (χ2n) is 3.42. The van der Waals surface area contributed by atoms with Gasteiger partial charge < -0.3 is 0 Å². The minimum absolute atomic E-state index is 1.79. The van der Waals surface area contributed by atoms with Gasteiger partial charge in [0, 0.05) is 0 Å². The molecule has 1 aliphatic heterocycles. The summed E-state index contributed by atoms with van der Waals surface area (Å²) in [4.78, 5) is 0. The molecule has 0 bridgehead atoms. The van der Waals surface area contributed by atoms with Gasteiger partial charge >= 0.3 is 36.3 Å². The highest BCUT2D eigenvalue weighted by Gasteiger charge is 2.90. The summed E-state index contributed by atoms with van der Waals surface area (Å²) >= 11 is 0. The Morgan fingerprint density at radius 2 is 0.700 bits per heavy atom. The van der Waals surface area contributed by atoms with Crippen molar-refractivity contribution < 1.29 is 62.2 Å². The Bertz CT molecular complexity index is 360. The molecule has 0 aromatic carbocycles. The zero-order chi connectivity index (χ0) is 16.4. The van der Waals surface area contributed by atoms with E-state index in [4.69, 9.17) is 0 Å². The maximum absolute atomic E-state index is 12.8. The van der Waals surface area contributed by atoms with Crippen molar-refractivity contribution in [2.24, 2.45) is 0 Å². The van der Waals surface area contributed by atoms with Crippen LogP contribution in [-0.2, 0) is 9.47 Å². The third-order valence-electron chi connectivity index (χ3n) is 2.02. The minimum atomic E-state index is -6.94. The van der Waals surface area contributed by atoms with Gasteiger partial charge in [0.2, 0.25) is 0 Å². The largest absolute Gasteiger partial charge is 0.458 e. The predicted molar refractivity (Wildman–Crippen MR) is 31.9 cm³/mol. The molecule has 2 atom stereocenters. The summed E-state index contributed by atoms with van der Waals surface area (Å²) in [7, 11) is 0. The molecular weight excluding hydrogens is 332 g/mol. The van der Waals surface area contributed by atoms with Crippen LogP contribution in [0.2, 0.25) is 0 Å². The first kappa shape index (κ1) is 17.1. The van der Waals surface area contributed by atoms with Gasteiger partial charge in [0.15, 0.2) is 0 Å². The van der Waals surface area contributed by atoms with Crippen LogP contribution in [0.15, 0.2) is 0 Å². The molecule has 1 heterocycles. The average Bonchev–Trinajstić information content (AvgIpc) is 2.09. The van der Waals surface area contributed by atoms with Crippen LogP contribution >= 0.6 is 0 Å². The van der Waals surface area contributed by atoms with Gasteiger partial charge in [0.05, 0.1) is 0 Å². The van der Waals surface area contributed by atoms with Gasteiger partial charge in [0.25, 0.3) is 0 Å². The van der Waals surface area contributed by atoms with Crippen molar-refractivity contribution >= 4 is 0 Å². The van der Waals surface area contributed by atoms with E-state index in [0.29, 0.717) is 0 Å². The van der Waals surface area contributed by atoms with E-state index in [2.05, 4.69) is 0 Å². The molecule has 14 heteroatoms. The molecule has 0 aromatic heterocycles. The highest BCUT2D eigenvalue weighted by molar-refractivity contribution is 5.00. The molecule has 0 amide bonds. The Morgan fingerprint density at radius 1 is 0.500 bits per heavy atom. The monoisotopic (exact) mass is 332 g/mol. The van der Waals surface area contributed by atoms with Crippen molar-refractivity contribution in [1.29, 1.82) is 0 Å². The summed E-state index contributed by atoms with van der Waals surface area (Å²) in [5.74, 6) is -13.4. The van der Waals surface area contributed by atoms with E-state index < -0.39 is 36.3 Å². The van der Waals surface area contributed by atoms with E-state index in [1.54, 1.807) is 9.47 Å². The van der Waals surface area contributed by atoms with Crippen LogP contribution < -0.4 is 0 Å². The number of ether oxygens (including phenoxy) is 2. The summed E-state index contributed by atoms with van der Waals surface area (Å²) in [6.45, 7) is 0. The fraction of sp³-hybridized carbons (Fsp3) is 1.00. The summed E-state index contributed by atoms with van der Waals surface area (Å²) in [5.41, 5.74) is 0. The predicted octanol–water partition coefficient (Wildman–Crippen LogP) is 3.67. The van der Waals surface area contributed by atoms with E-state index in [1.807, 2.05) is 0 Å². The van der Waals surface area contributed by atoms with Crippen LogP contribution in [0.25, 0.3) is 0 Å². The van der Waals surface area contributed by atoms with Crippen molar-refractivity contribution in [2.75, 3.05) is 0 Å². The number of halogens is 12. The number of hydrogen-bond acceptors (Lipinski definition) is 2. The van der Waals surface area contributed by atoms with Crippen LogP contribution in [0.5, 0.6) is 0 Å². The number of alkyl halides is 12. The summed E-state index contributed by atoms with van der Waals surface area (Å²) in [5, 5.41) is 0. The molecule has 0 aliphatic carbocycles. The molecule has 1 saturated heterocycles. The molecule has 120 valence electrons. The maximum Gasteiger partial charge on any atom is 0.458 e. The normalized spacial score (nSPS) is 37.8. The third kappa shape index (κ3) is 1.99. The lowest BCUT2D eigenvalue weighted by Crippen LogP contribution is -2.75. The van der Waals surface area contributed by atoms with E-state index in [1.165, 1.54) is 0 Å². The fourth-order valence-corrected chi connectivity index (χ4v) is 1.05. The standard InChI is InChI=1S/C6F12O2/c7-1(3(9,10)11)5(15,16)20-2(8,4(12,13)14)6(17,18)19-1/t1-,2+. The van der Waals surface area contributed by atoms with Crippen LogP contribution in [0.3, 0.4) is 0 Å². The first-order valence-electron chi connectivity index (χ1n) is 4.08. The van der Waals surface area contributed by atoms with Crippen LogP contribution in [0.4, 0.5) is 52.7 Å². The molecule has 1 aliphatic rings. The smallest absolute Gasteiger partial charge is 0.263 e. The molecule has 20 heavy (non-hydrogen) atoms. The second-order valence-corrected chi connectivity index (χ2v) is 3.42. The van der Waals surface area contributed by atoms with Gasteiger partial charge in [-0.05, 0) is 0 Å². The van der Waals surface area contributed by atoms with E-state index >= 15 is 0 Å². The summed E-state index contributed by atoms with van der Waals surface area (Å²) in [6, 6.07) is 0. The quantitative estimate of drug-likeness (QED) is 0.630. The maximum atomic E-state index is 12.8. The second kappa shape index (κ2) is 3.84. The van der Waals surface area contributed by atoms with Crippen molar-refractivity contribution in [3.05, 3.63) is 0 Å². The Morgan fingerprint density at radius 3 is 0.850 bits per heavy atom. The zero-order valence-corrected chi connectivity index (χ0v) is 8.35. The summed E-state index contributed by atoms with van der Waals surface area (Å²) in [6.07, 6.45) is -27.3. The first-order chi connectivity index (χ1) is 8.41. The fourth-order valence-electron chi connectivity index (χ4n) is 1.05. The van der Waals surface area contributed by atoms with E-state index in [9.17, 15) is 52.7 Å². The highest BCUT2D eigenvalue weighted by Crippen LogP contribution is 2.61. The van der Waals surface area contributed by atoms with Crippen LogP contribution in [-0.4, -0.2) is 36.3 Å². The molecule has 0 unspecified atom stereocenters. The molecule has 1 rings (SSSR count). The van der Waals surface area contributed by atoms with E-state index in [0.717, 1.165) is 0 Å². The first-order valence-corrected chi connectivity index (χ1v) is 4.08. The molecule has 0 N–H and O–H groups in total. The third-order valence-corrected chi connectivity index (χ3v) is 2.02. The van der Waals surface area contributed by atoms with Crippen molar-refractivity contribution in [3.8, 4) is 0 Å². The number of rotatable bonds is 0. The average molecular weight is 332 g/mol. The lowest BCUT2D eigenvalue weighted by atomic mass is 10.1. The molecule has 0 aromatic rings. The van der Waals surface area contributed by atoms with Crippen molar-refractivity contribution in [3.63, 3.8) is 0 Å². The molecule has 1 fully saturated rings. The van der Waals surface area contributed by atoms with E-state index in [-0.39, 0.29) is 0 Å². The minimum Gasteiger partial charge on any atom is -0.263 e. The Labute approximate surface area is 99.8 Å². The van der Waals surface area contributed by atoms with Crippen molar-refractivity contribution in [1.82, 2.24) is 0 Å². The van der Waals surface area contributed by atoms with Gasteiger partial charge in [-0.1, -0.05) is 0 Å². The van der Waals surface area contributed by atoms with Crippen molar-refractivity contribution in [2.45, 2.75) is 36.3 Å². The molecular formula is C6F12O2. The Balaban J connectivity index is 3.44. The van der Waals surface area contributed by atoms with Crippen LogP contribution in [0, 0.1) is 0 Å². The van der Waals surface area contributed by atoms with Gasteiger partial charge in [-0.2, -0.15) is 52.7 Å². The van der Waals surface area contributed by atoms with Gasteiger partial charge in [-0.15, -0.1) is 0 Å². The Kier molecular flexibility index (Phi) is 3.29. The van der Waals surface area contributed by atoms with Crippen LogP contribution in [0.1, 0.15) is 0 Å². The lowest BCUT2D eigenvalue weighted by Gasteiger charge is -2.46. The highest BCUT2D eigenvalue weighted by atomic mass is 19.4. The lowest BCUT2D eigenvalue weighted by molar-refractivity contribution is -0.618. The van der Waals surface area contributed by atoms with Gasteiger partial charge in [-0.3, -0.25) is 9.47 Å². The topological polar surface area (TPSA) is 18.5 Å². The number of hydrogen-bond donors (Lipinski definition) is 0. The molecule has 0 saturated carbocycles. The van der Waals surface area contributed by atoms with Gasteiger partial charge in [0.1, 0.15) is 0 Å². The molecule has 2 nitrogen and oxygen atoms in total. The summed E-state index contributed by atoms with van der Waals surface area (Å²) < 4.78 is 151. The SMILES string of the molecule is FC(F)(F)[C@]1(F)OC(F)(F)[C@@](F)(C(F)(F)F)OC1(F)F. The zero-order valence-electron chi connectivity index (χ0n) is 8.35.